The summed E-state index contributed by atoms with van der Waals surface area (Å²) in [5.74, 6) is -2.22. The van der Waals surface area contributed by atoms with Gasteiger partial charge in [-0.3, -0.25) is 9.59 Å². The maximum Gasteiger partial charge on any atom is 0.306 e. The SMILES string of the molecule is O=C(O)[C@@H]1C[C@@H](C(=O)O)[C@H]2CCC[C@H]21. The second-order valence-electron chi connectivity index (χ2n) is 4.38. The summed E-state index contributed by atoms with van der Waals surface area (Å²) in [5.41, 5.74) is 0. The van der Waals surface area contributed by atoms with Crippen molar-refractivity contribution in [2.75, 3.05) is 0 Å². The van der Waals surface area contributed by atoms with Crippen LogP contribution in [0.1, 0.15) is 25.7 Å². The van der Waals surface area contributed by atoms with Crippen molar-refractivity contribution in [1.82, 2.24) is 0 Å². The van der Waals surface area contributed by atoms with E-state index in [1.54, 1.807) is 0 Å². The normalized spacial score (nSPS) is 40.9. The Bertz CT molecular complexity index is 247. The third kappa shape index (κ3) is 1.29. The first-order valence-electron chi connectivity index (χ1n) is 5.07. The molecule has 0 aromatic rings. The smallest absolute Gasteiger partial charge is 0.306 e. The molecule has 4 nitrogen and oxygen atoms in total. The lowest BCUT2D eigenvalue weighted by atomic mass is 9.90. The van der Waals surface area contributed by atoms with Crippen LogP contribution in [-0.2, 0) is 9.59 Å². The maximum atomic E-state index is 10.9. The third-order valence-electron chi connectivity index (χ3n) is 3.80. The molecular formula is C10H14O4. The van der Waals surface area contributed by atoms with Gasteiger partial charge in [-0.2, -0.15) is 0 Å². The van der Waals surface area contributed by atoms with Crippen molar-refractivity contribution < 1.29 is 19.8 Å². The average Bonchev–Trinajstić information content (AvgIpc) is 2.59. The Labute approximate surface area is 81.9 Å². The second kappa shape index (κ2) is 3.26. The van der Waals surface area contributed by atoms with E-state index in [1.165, 1.54) is 0 Å². The monoisotopic (exact) mass is 198 g/mol. The maximum absolute atomic E-state index is 10.9. The summed E-state index contributed by atoms with van der Waals surface area (Å²) in [4.78, 5) is 21.8. The molecule has 2 aliphatic carbocycles. The molecule has 0 saturated heterocycles. The van der Waals surface area contributed by atoms with Crippen molar-refractivity contribution in [3.05, 3.63) is 0 Å². The molecule has 4 heteroatoms. The van der Waals surface area contributed by atoms with E-state index in [0.717, 1.165) is 19.3 Å². The van der Waals surface area contributed by atoms with Crippen molar-refractivity contribution in [2.24, 2.45) is 23.7 Å². The number of carboxylic acids is 2. The van der Waals surface area contributed by atoms with E-state index >= 15 is 0 Å². The minimum absolute atomic E-state index is 0.119. The van der Waals surface area contributed by atoms with Crippen LogP contribution in [0.3, 0.4) is 0 Å². The number of aliphatic carboxylic acids is 2. The number of hydrogen-bond acceptors (Lipinski definition) is 2. The van der Waals surface area contributed by atoms with Crippen LogP contribution in [-0.4, -0.2) is 22.2 Å². The van der Waals surface area contributed by atoms with Gasteiger partial charge >= 0.3 is 11.9 Å². The Morgan fingerprint density at radius 1 is 0.929 bits per heavy atom. The van der Waals surface area contributed by atoms with Gasteiger partial charge in [0.15, 0.2) is 0 Å². The molecule has 2 saturated carbocycles. The van der Waals surface area contributed by atoms with Gasteiger partial charge in [-0.05, 0) is 31.1 Å². The van der Waals surface area contributed by atoms with Crippen LogP contribution in [0.2, 0.25) is 0 Å². The number of carbonyl (C=O) groups is 2. The number of hydrogen-bond donors (Lipinski definition) is 2. The van der Waals surface area contributed by atoms with Gasteiger partial charge in [0.25, 0.3) is 0 Å². The molecule has 0 radical (unpaired) electrons. The van der Waals surface area contributed by atoms with Gasteiger partial charge in [0, 0.05) is 0 Å². The molecule has 2 aliphatic rings. The molecule has 0 aromatic heterocycles. The molecule has 78 valence electrons. The number of fused-ring (bicyclic) bond motifs is 1. The molecule has 4 atom stereocenters. The van der Waals surface area contributed by atoms with Crippen LogP contribution in [0.4, 0.5) is 0 Å². The standard InChI is InChI=1S/C10H14O4/c11-9(12)7-4-8(10(13)14)6-3-1-2-5(6)7/h5-8H,1-4H2,(H,11,12)(H,13,14)/t5-,6+,7-,8-/m1/s1. The highest BCUT2D eigenvalue weighted by Gasteiger charge is 2.51. The number of carboxylic acid groups (broad SMARTS) is 2. The van der Waals surface area contributed by atoms with Gasteiger partial charge in [0.1, 0.15) is 0 Å². The third-order valence-corrected chi connectivity index (χ3v) is 3.80. The van der Waals surface area contributed by atoms with E-state index in [4.69, 9.17) is 10.2 Å². The van der Waals surface area contributed by atoms with Gasteiger partial charge in [-0.15, -0.1) is 0 Å². The van der Waals surface area contributed by atoms with E-state index in [2.05, 4.69) is 0 Å². The van der Waals surface area contributed by atoms with Crippen LogP contribution in [0.15, 0.2) is 0 Å². The summed E-state index contributed by atoms with van der Waals surface area (Å²) in [7, 11) is 0. The fraction of sp³-hybridized carbons (Fsp3) is 0.800. The molecule has 2 fully saturated rings. The van der Waals surface area contributed by atoms with Crippen molar-refractivity contribution in [3.63, 3.8) is 0 Å². The predicted molar refractivity (Wildman–Crippen MR) is 47.7 cm³/mol. The minimum Gasteiger partial charge on any atom is -0.481 e. The van der Waals surface area contributed by atoms with Crippen molar-refractivity contribution in [2.45, 2.75) is 25.7 Å². The molecule has 2 N–H and O–H groups in total. The lowest BCUT2D eigenvalue weighted by Crippen LogP contribution is -2.19. The van der Waals surface area contributed by atoms with E-state index in [0.29, 0.717) is 6.42 Å². The quantitative estimate of drug-likeness (QED) is 0.699. The first-order valence-corrected chi connectivity index (χ1v) is 5.07. The Morgan fingerprint density at radius 2 is 1.36 bits per heavy atom. The topological polar surface area (TPSA) is 74.6 Å². The molecule has 0 bridgehead atoms. The lowest BCUT2D eigenvalue weighted by molar-refractivity contribution is -0.143. The summed E-state index contributed by atoms with van der Waals surface area (Å²) in [6.45, 7) is 0. The Morgan fingerprint density at radius 3 is 1.71 bits per heavy atom. The molecule has 14 heavy (non-hydrogen) atoms. The summed E-state index contributed by atoms with van der Waals surface area (Å²) in [6.07, 6.45) is 3.11. The molecule has 0 heterocycles. The lowest BCUT2D eigenvalue weighted by Gasteiger charge is -2.14. The summed E-state index contributed by atoms with van der Waals surface area (Å²) in [5, 5.41) is 17.9. The second-order valence-corrected chi connectivity index (χ2v) is 4.38. The Kier molecular flexibility index (Phi) is 2.21. The van der Waals surface area contributed by atoms with Crippen LogP contribution >= 0.6 is 0 Å². The molecule has 0 aromatic carbocycles. The Balaban J connectivity index is 2.19. The van der Waals surface area contributed by atoms with E-state index in [9.17, 15) is 9.59 Å². The van der Waals surface area contributed by atoms with E-state index in [1.807, 2.05) is 0 Å². The number of rotatable bonds is 2. The molecular weight excluding hydrogens is 184 g/mol. The van der Waals surface area contributed by atoms with Crippen LogP contribution in [0.25, 0.3) is 0 Å². The van der Waals surface area contributed by atoms with Gasteiger partial charge in [0.05, 0.1) is 11.8 Å². The van der Waals surface area contributed by atoms with E-state index in [-0.39, 0.29) is 11.8 Å². The molecule has 2 rings (SSSR count). The molecule has 0 amide bonds. The molecule has 0 unspecified atom stereocenters. The van der Waals surface area contributed by atoms with Gasteiger partial charge < -0.3 is 10.2 Å². The highest BCUT2D eigenvalue weighted by atomic mass is 16.4. The van der Waals surface area contributed by atoms with Gasteiger partial charge in [0.2, 0.25) is 0 Å². The summed E-state index contributed by atoms with van der Waals surface area (Å²) >= 11 is 0. The predicted octanol–water partition coefficient (Wildman–Crippen LogP) is 1.21. The largest absolute Gasteiger partial charge is 0.481 e. The van der Waals surface area contributed by atoms with Crippen molar-refractivity contribution in [1.29, 1.82) is 0 Å². The fourth-order valence-corrected chi connectivity index (χ4v) is 3.21. The van der Waals surface area contributed by atoms with Gasteiger partial charge in [-0.1, -0.05) is 6.42 Å². The first kappa shape index (κ1) is 9.49. The van der Waals surface area contributed by atoms with Crippen LogP contribution in [0.5, 0.6) is 0 Å². The van der Waals surface area contributed by atoms with Crippen LogP contribution < -0.4 is 0 Å². The summed E-state index contributed by atoms with van der Waals surface area (Å²) in [6, 6.07) is 0. The van der Waals surface area contributed by atoms with Crippen molar-refractivity contribution >= 4 is 11.9 Å². The minimum atomic E-state index is -0.814. The average molecular weight is 198 g/mol. The van der Waals surface area contributed by atoms with Crippen LogP contribution in [0, 0.1) is 23.7 Å². The first-order chi connectivity index (χ1) is 6.61. The fourth-order valence-electron chi connectivity index (χ4n) is 3.21. The van der Waals surface area contributed by atoms with E-state index < -0.39 is 23.8 Å². The molecule has 0 spiro atoms. The zero-order chi connectivity index (χ0) is 10.3. The van der Waals surface area contributed by atoms with Gasteiger partial charge in [-0.25, -0.2) is 0 Å². The zero-order valence-corrected chi connectivity index (χ0v) is 7.85. The zero-order valence-electron chi connectivity index (χ0n) is 7.85. The summed E-state index contributed by atoms with van der Waals surface area (Å²) < 4.78 is 0. The highest BCUT2D eigenvalue weighted by Crippen LogP contribution is 2.50. The Hall–Kier alpha value is -1.06. The highest BCUT2D eigenvalue weighted by molar-refractivity contribution is 5.76. The molecule has 0 aliphatic heterocycles. The van der Waals surface area contributed by atoms with Crippen molar-refractivity contribution in [3.8, 4) is 0 Å².